The molecule has 1 aromatic carbocycles. The number of aliphatic hydroxyl groups is 1. The van der Waals surface area contributed by atoms with Gasteiger partial charge in [-0.2, -0.15) is 0 Å². The number of nitrogens with one attached hydrogen (secondary N) is 1. The van der Waals surface area contributed by atoms with Gasteiger partial charge in [0.2, 0.25) is 0 Å². The summed E-state index contributed by atoms with van der Waals surface area (Å²) < 4.78 is 0. The molecule has 2 saturated heterocycles. The Kier molecular flexibility index (Phi) is 7.05. The number of carbonyl (C=O) groups is 1. The second-order valence-corrected chi connectivity index (χ2v) is 8.90. The molecule has 0 atom stereocenters. The summed E-state index contributed by atoms with van der Waals surface area (Å²) in [6.07, 6.45) is 4.94. The smallest absolute Gasteiger partial charge is 0.272 e. The van der Waals surface area contributed by atoms with E-state index < -0.39 is 0 Å². The number of anilines is 1. The minimum Gasteiger partial charge on any atom is -0.393 e. The molecule has 0 saturated carbocycles. The van der Waals surface area contributed by atoms with Crippen LogP contribution in [-0.2, 0) is 6.54 Å². The molecular weight excluding hydrogens is 414 g/mol. The van der Waals surface area contributed by atoms with Crippen LogP contribution < -0.4 is 5.32 Å². The zero-order valence-electron chi connectivity index (χ0n) is 17.9. The number of aliphatic hydroxyl groups excluding tert-OH is 1. The van der Waals surface area contributed by atoms with E-state index in [0.29, 0.717) is 29.1 Å². The first-order valence-electron chi connectivity index (χ1n) is 11.0. The van der Waals surface area contributed by atoms with Crippen LogP contribution in [0.5, 0.6) is 0 Å². The highest BCUT2D eigenvalue weighted by molar-refractivity contribution is 6.30. The van der Waals surface area contributed by atoms with E-state index in [1.54, 1.807) is 0 Å². The Morgan fingerprint density at radius 1 is 1.10 bits per heavy atom. The van der Waals surface area contributed by atoms with Gasteiger partial charge in [0.15, 0.2) is 0 Å². The van der Waals surface area contributed by atoms with Crippen LogP contribution in [0.25, 0.3) is 0 Å². The van der Waals surface area contributed by atoms with Gasteiger partial charge in [0.25, 0.3) is 5.91 Å². The maximum atomic E-state index is 13.2. The van der Waals surface area contributed by atoms with E-state index in [1.807, 2.05) is 36.1 Å². The Labute approximate surface area is 188 Å². The van der Waals surface area contributed by atoms with Gasteiger partial charge in [-0.1, -0.05) is 23.7 Å². The van der Waals surface area contributed by atoms with Crippen LogP contribution in [0.2, 0.25) is 5.02 Å². The van der Waals surface area contributed by atoms with Gasteiger partial charge in [-0.25, -0.2) is 9.97 Å². The molecule has 8 heteroatoms. The number of carbonyl (C=O) groups excluding carboxylic acids is 1. The predicted molar refractivity (Wildman–Crippen MR) is 121 cm³/mol. The van der Waals surface area contributed by atoms with Crippen molar-refractivity contribution in [2.75, 3.05) is 31.5 Å². The Bertz CT molecular complexity index is 891. The summed E-state index contributed by atoms with van der Waals surface area (Å²) in [7, 11) is 0. The Balaban J connectivity index is 1.35. The molecule has 2 aromatic rings. The van der Waals surface area contributed by atoms with Gasteiger partial charge in [0.1, 0.15) is 17.8 Å². The van der Waals surface area contributed by atoms with Gasteiger partial charge in [0.05, 0.1) is 6.10 Å². The Hall–Kier alpha value is -2.22. The molecule has 2 fully saturated rings. The van der Waals surface area contributed by atoms with E-state index in [1.165, 1.54) is 6.33 Å². The van der Waals surface area contributed by atoms with Crippen LogP contribution >= 0.6 is 11.6 Å². The van der Waals surface area contributed by atoms with E-state index in [4.69, 9.17) is 11.6 Å². The molecular formula is C23H30ClN5O2. The number of amides is 1. The summed E-state index contributed by atoms with van der Waals surface area (Å²) in [5, 5.41) is 13.7. The highest BCUT2D eigenvalue weighted by atomic mass is 35.5. The SMILES string of the molecule is Cc1c(NCc2ccc(Cl)cc2)ncnc1C(=O)N1CCC(N2CCC(O)CC2)CC1. The molecule has 3 heterocycles. The first kappa shape index (κ1) is 22.0. The van der Waals surface area contributed by atoms with Crippen molar-refractivity contribution >= 4 is 23.3 Å². The molecule has 2 aliphatic heterocycles. The Morgan fingerprint density at radius 3 is 2.45 bits per heavy atom. The van der Waals surface area contributed by atoms with Crippen molar-refractivity contribution < 1.29 is 9.90 Å². The average Bonchev–Trinajstić information content (AvgIpc) is 2.80. The molecule has 0 unspecified atom stereocenters. The van der Waals surface area contributed by atoms with Crippen molar-refractivity contribution in [2.24, 2.45) is 0 Å². The lowest BCUT2D eigenvalue weighted by Gasteiger charge is -2.41. The van der Waals surface area contributed by atoms with Crippen molar-refractivity contribution in [3.63, 3.8) is 0 Å². The van der Waals surface area contributed by atoms with Crippen LogP contribution in [-0.4, -0.2) is 69.1 Å². The summed E-state index contributed by atoms with van der Waals surface area (Å²) >= 11 is 5.95. The lowest BCUT2D eigenvalue weighted by atomic mass is 9.98. The molecule has 0 bridgehead atoms. The summed E-state index contributed by atoms with van der Waals surface area (Å²) in [5.74, 6) is 0.650. The number of rotatable bonds is 5. The average molecular weight is 444 g/mol. The van der Waals surface area contributed by atoms with Crippen LogP contribution in [0.15, 0.2) is 30.6 Å². The molecule has 2 N–H and O–H groups in total. The number of piperidine rings is 2. The van der Waals surface area contributed by atoms with Gasteiger partial charge in [-0.3, -0.25) is 4.79 Å². The summed E-state index contributed by atoms with van der Waals surface area (Å²) in [5.41, 5.74) is 2.32. The zero-order valence-corrected chi connectivity index (χ0v) is 18.7. The molecule has 0 radical (unpaired) electrons. The standard InChI is InChI=1S/C23H30ClN5O2/c1-16-21(26-15-27-22(16)25-14-17-2-4-18(24)5-3-17)23(31)29-10-6-19(7-11-29)28-12-8-20(30)9-13-28/h2-5,15,19-20,30H,6-14H2,1H3,(H,25,26,27). The number of likely N-dealkylation sites (tertiary alicyclic amines) is 2. The number of benzene rings is 1. The lowest BCUT2D eigenvalue weighted by molar-refractivity contribution is 0.0355. The van der Waals surface area contributed by atoms with E-state index in [2.05, 4.69) is 20.2 Å². The number of nitrogens with zero attached hydrogens (tertiary/aromatic N) is 4. The molecule has 0 aliphatic carbocycles. The van der Waals surface area contributed by atoms with Crippen LogP contribution in [0, 0.1) is 6.92 Å². The molecule has 1 aromatic heterocycles. The van der Waals surface area contributed by atoms with E-state index in [-0.39, 0.29) is 12.0 Å². The van der Waals surface area contributed by atoms with Crippen LogP contribution in [0.4, 0.5) is 5.82 Å². The maximum Gasteiger partial charge on any atom is 0.272 e. The predicted octanol–water partition coefficient (Wildman–Crippen LogP) is 3.11. The monoisotopic (exact) mass is 443 g/mol. The second kappa shape index (κ2) is 9.94. The third kappa shape index (κ3) is 5.34. The highest BCUT2D eigenvalue weighted by Gasteiger charge is 2.30. The summed E-state index contributed by atoms with van der Waals surface area (Å²) in [6.45, 7) is 5.86. The first-order chi connectivity index (χ1) is 15.0. The van der Waals surface area contributed by atoms with E-state index in [0.717, 1.165) is 63.0 Å². The topological polar surface area (TPSA) is 81.6 Å². The number of hydrogen-bond donors (Lipinski definition) is 2. The van der Waals surface area contributed by atoms with Crippen molar-refractivity contribution in [1.29, 1.82) is 0 Å². The lowest BCUT2D eigenvalue weighted by Crippen LogP contribution is -2.49. The molecule has 0 spiro atoms. The minimum absolute atomic E-state index is 0.0260. The zero-order chi connectivity index (χ0) is 21.8. The van der Waals surface area contributed by atoms with Crippen molar-refractivity contribution in [1.82, 2.24) is 19.8 Å². The van der Waals surface area contributed by atoms with Gasteiger partial charge < -0.3 is 20.2 Å². The van der Waals surface area contributed by atoms with E-state index >= 15 is 0 Å². The van der Waals surface area contributed by atoms with Crippen LogP contribution in [0.1, 0.15) is 47.3 Å². The van der Waals surface area contributed by atoms with Crippen molar-refractivity contribution in [3.05, 3.63) is 52.4 Å². The molecule has 7 nitrogen and oxygen atoms in total. The fourth-order valence-corrected chi connectivity index (χ4v) is 4.59. The van der Waals surface area contributed by atoms with Gasteiger partial charge in [-0.15, -0.1) is 0 Å². The highest BCUT2D eigenvalue weighted by Crippen LogP contribution is 2.23. The first-order valence-corrected chi connectivity index (χ1v) is 11.4. The molecule has 2 aliphatic rings. The molecule has 31 heavy (non-hydrogen) atoms. The van der Waals surface area contributed by atoms with Gasteiger partial charge >= 0.3 is 0 Å². The van der Waals surface area contributed by atoms with Crippen molar-refractivity contribution in [3.8, 4) is 0 Å². The number of aromatic nitrogens is 2. The maximum absolute atomic E-state index is 13.2. The minimum atomic E-state index is -0.152. The van der Waals surface area contributed by atoms with E-state index in [9.17, 15) is 9.90 Å². The second-order valence-electron chi connectivity index (χ2n) is 8.47. The number of halogens is 1. The third-order valence-electron chi connectivity index (χ3n) is 6.43. The summed E-state index contributed by atoms with van der Waals surface area (Å²) in [4.78, 5) is 26.2. The van der Waals surface area contributed by atoms with Crippen molar-refractivity contribution in [2.45, 2.75) is 51.3 Å². The third-order valence-corrected chi connectivity index (χ3v) is 6.68. The largest absolute Gasteiger partial charge is 0.393 e. The Morgan fingerprint density at radius 2 is 1.77 bits per heavy atom. The normalized spacial score (nSPS) is 18.9. The fraction of sp³-hybridized carbons (Fsp3) is 0.522. The van der Waals surface area contributed by atoms with Gasteiger partial charge in [-0.05, 0) is 50.3 Å². The fourth-order valence-electron chi connectivity index (χ4n) is 4.47. The molecule has 166 valence electrons. The molecule has 4 rings (SSSR count). The van der Waals surface area contributed by atoms with Gasteiger partial charge in [0, 0.05) is 49.4 Å². The molecule has 1 amide bonds. The van der Waals surface area contributed by atoms with Crippen LogP contribution in [0.3, 0.4) is 0 Å². The summed E-state index contributed by atoms with van der Waals surface area (Å²) in [6, 6.07) is 8.14. The quantitative estimate of drug-likeness (QED) is 0.739. The number of hydrogen-bond acceptors (Lipinski definition) is 6.